The van der Waals surface area contributed by atoms with Crippen LogP contribution >= 0.6 is 0 Å². The highest BCUT2D eigenvalue weighted by Crippen LogP contribution is 2.24. The number of nitrogens with two attached hydrogens (primary N) is 1. The van der Waals surface area contributed by atoms with Crippen molar-refractivity contribution in [3.05, 3.63) is 96.4 Å². The largest absolute Gasteiger partial charge is 0.489 e. The average Bonchev–Trinajstić information content (AvgIpc) is 3.30. The molecule has 30 heavy (non-hydrogen) atoms. The summed E-state index contributed by atoms with van der Waals surface area (Å²) < 4.78 is 5.93. The standard InChI is InChI=1S/C25H25N3O2/c1-25(26,17-29)24-27-15-23(28-24)21-11-13-22(14-12-21)30-16-18-7-9-20(10-8-18)19-5-3-2-4-6-19/h2-15,29H,16-17,26H2,1H3,(H,27,28)/t25-/m0/s1. The molecule has 0 aliphatic carbocycles. The van der Waals surface area contributed by atoms with Gasteiger partial charge in [-0.25, -0.2) is 4.98 Å². The molecule has 0 unspecified atom stereocenters. The molecule has 3 aromatic carbocycles. The summed E-state index contributed by atoms with van der Waals surface area (Å²) in [6.45, 7) is 2.06. The molecule has 1 atom stereocenters. The molecule has 0 saturated carbocycles. The molecule has 4 N–H and O–H groups in total. The minimum atomic E-state index is -0.892. The summed E-state index contributed by atoms with van der Waals surface area (Å²) in [4.78, 5) is 7.47. The molecule has 5 heteroatoms. The summed E-state index contributed by atoms with van der Waals surface area (Å²) in [5.41, 5.74) is 10.5. The second kappa shape index (κ2) is 8.53. The Kier molecular flexibility index (Phi) is 5.65. The van der Waals surface area contributed by atoms with Gasteiger partial charge in [-0.1, -0.05) is 54.6 Å². The zero-order chi connectivity index (χ0) is 21.0. The van der Waals surface area contributed by atoms with E-state index in [1.54, 1.807) is 13.1 Å². The molecule has 0 spiro atoms. The lowest BCUT2D eigenvalue weighted by Crippen LogP contribution is -2.38. The molecule has 1 heterocycles. The molecule has 0 amide bonds. The summed E-state index contributed by atoms with van der Waals surface area (Å²) in [5.74, 6) is 1.35. The van der Waals surface area contributed by atoms with E-state index in [2.05, 4.69) is 46.4 Å². The highest BCUT2D eigenvalue weighted by atomic mass is 16.5. The Labute approximate surface area is 176 Å². The minimum absolute atomic E-state index is 0.181. The molecular weight excluding hydrogens is 374 g/mol. The van der Waals surface area contributed by atoms with E-state index in [1.807, 2.05) is 42.5 Å². The van der Waals surface area contributed by atoms with E-state index >= 15 is 0 Å². The smallest absolute Gasteiger partial charge is 0.128 e. The Morgan fingerprint density at radius 1 is 0.900 bits per heavy atom. The van der Waals surface area contributed by atoms with Crippen LogP contribution < -0.4 is 10.5 Å². The summed E-state index contributed by atoms with van der Waals surface area (Å²) in [6, 6.07) is 26.5. The molecule has 1 aromatic heterocycles. The van der Waals surface area contributed by atoms with Crippen LogP contribution in [-0.2, 0) is 12.1 Å². The maximum atomic E-state index is 9.39. The Morgan fingerprint density at radius 3 is 2.20 bits per heavy atom. The van der Waals surface area contributed by atoms with E-state index in [-0.39, 0.29) is 6.61 Å². The fourth-order valence-electron chi connectivity index (χ4n) is 3.15. The van der Waals surface area contributed by atoms with E-state index in [0.717, 1.165) is 22.6 Å². The fraction of sp³-hybridized carbons (Fsp3) is 0.160. The second-order valence-electron chi connectivity index (χ2n) is 7.60. The van der Waals surface area contributed by atoms with Gasteiger partial charge in [-0.3, -0.25) is 0 Å². The van der Waals surface area contributed by atoms with Crippen LogP contribution in [0.15, 0.2) is 85.1 Å². The lowest BCUT2D eigenvalue weighted by molar-refractivity contribution is 0.204. The van der Waals surface area contributed by atoms with Crippen LogP contribution in [0, 0.1) is 0 Å². The second-order valence-corrected chi connectivity index (χ2v) is 7.60. The van der Waals surface area contributed by atoms with E-state index in [1.165, 1.54) is 11.1 Å². The molecular formula is C25H25N3O2. The van der Waals surface area contributed by atoms with Crippen molar-refractivity contribution < 1.29 is 9.84 Å². The summed E-state index contributed by atoms with van der Waals surface area (Å²) >= 11 is 0. The van der Waals surface area contributed by atoms with Crippen LogP contribution in [0.2, 0.25) is 0 Å². The molecule has 0 fully saturated rings. The Balaban J connectivity index is 1.38. The predicted octanol–water partition coefficient (Wildman–Crippen LogP) is 4.49. The van der Waals surface area contributed by atoms with Crippen molar-refractivity contribution in [1.82, 2.24) is 9.97 Å². The van der Waals surface area contributed by atoms with Crippen molar-refractivity contribution in [2.75, 3.05) is 6.61 Å². The number of ether oxygens (including phenoxy) is 1. The highest BCUT2D eigenvalue weighted by Gasteiger charge is 2.23. The van der Waals surface area contributed by atoms with Crippen molar-refractivity contribution in [2.45, 2.75) is 19.1 Å². The number of nitrogens with zero attached hydrogens (tertiary/aromatic N) is 1. The van der Waals surface area contributed by atoms with Gasteiger partial charge in [0.15, 0.2) is 0 Å². The number of aliphatic hydroxyl groups is 1. The molecule has 0 radical (unpaired) electrons. The first-order chi connectivity index (χ1) is 14.5. The minimum Gasteiger partial charge on any atom is -0.489 e. The third-order valence-electron chi connectivity index (χ3n) is 5.08. The van der Waals surface area contributed by atoms with Crippen molar-refractivity contribution in [2.24, 2.45) is 5.73 Å². The van der Waals surface area contributed by atoms with Crippen molar-refractivity contribution in [3.63, 3.8) is 0 Å². The first-order valence-corrected chi connectivity index (χ1v) is 9.88. The number of benzene rings is 3. The van der Waals surface area contributed by atoms with Gasteiger partial charge in [-0.2, -0.15) is 0 Å². The van der Waals surface area contributed by atoms with E-state index < -0.39 is 5.54 Å². The first kappa shape index (κ1) is 19.9. The van der Waals surface area contributed by atoms with E-state index in [4.69, 9.17) is 10.5 Å². The van der Waals surface area contributed by atoms with Crippen LogP contribution in [0.3, 0.4) is 0 Å². The molecule has 5 nitrogen and oxygen atoms in total. The zero-order valence-corrected chi connectivity index (χ0v) is 16.9. The summed E-state index contributed by atoms with van der Waals surface area (Å²) in [7, 11) is 0. The SMILES string of the molecule is C[C@](N)(CO)c1ncc(-c2ccc(OCc3ccc(-c4ccccc4)cc3)cc2)[nH]1. The van der Waals surface area contributed by atoms with Crippen LogP contribution in [0.1, 0.15) is 18.3 Å². The van der Waals surface area contributed by atoms with Crippen LogP contribution in [0.4, 0.5) is 0 Å². The van der Waals surface area contributed by atoms with Gasteiger partial charge in [0.2, 0.25) is 0 Å². The number of aromatic nitrogens is 2. The number of imidazole rings is 1. The van der Waals surface area contributed by atoms with Gasteiger partial charge in [0, 0.05) is 0 Å². The number of aliphatic hydroxyl groups excluding tert-OH is 1. The Hall–Kier alpha value is -3.41. The van der Waals surface area contributed by atoms with E-state index in [9.17, 15) is 5.11 Å². The third kappa shape index (κ3) is 4.43. The maximum Gasteiger partial charge on any atom is 0.128 e. The van der Waals surface area contributed by atoms with Crippen LogP contribution in [0.25, 0.3) is 22.4 Å². The predicted molar refractivity (Wildman–Crippen MR) is 119 cm³/mol. The van der Waals surface area contributed by atoms with Crippen molar-refractivity contribution in [3.8, 4) is 28.1 Å². The lowest BCUT2D eigenvalue weighted by atomic mass is 10.0. The number of nitrogens with one attached hydrogen (secondary N) is 1. The molecule has 4 aromatic rings. The van der Waals surface area contributed by atoms with Crippen LogP contribution in [0.5, 0.6) is 5.75 Å². The summed E-state index contributed by atoms with van der Waals surface area (Å²) in [6.07, 6.45) is 1.72. The molecule has 0 aliphatic rings. The van der Waals surface area contributed by atoms with Gasteiger partial charge in [-0.05, 0) is 53.4 Å². The number of hydrogen-bond donors (Lipinski definition) is 3. The zero-order valence-electron chi connectivity index (χ0n) is 16.9. The fourth-order valence-corrected chi connectivity index (χ4v) is 3.15. The number of hydrogen-bond acceptors (Lipinski definition) is 4. The number of H-pyrrole nitrogens is 1. The van der Waals surface area contributed by atoms with Gasteiger partial charge < -0.3 is 20.6 Å². The van der Waals surface area contributed by atoms with Crippen molar-refractivity contribution >= 4 is 0 Å². The lowest BCUT2D eigenvalue weighted by Gasteiger charge is -2.18. The Morgan fingerprint density at radius 2 is 1.53 bits per heavy atom. The number of aromatic amines is 1. The van der Waals surface area contributed by atoms with Gasteiger partial charge in [0.1, 0.15) is 18.2 Å². The first-order valence-electron chi connectivity index (χ1n) is 9.88. The van der Waals surface area contributed by atoms with Crippen LogP contribution in [-0.4, -0.2) is 21.7 Å². The van der Waals surface area contributed by atoms with Gasteiger partial charge >= 0.3 is 0 Å². The van der Waals surface area contributed by atoms with E-state index in [0.29, 0.717) is 12.4 Å². The topological polar surface area (TPSA) is 84.2 Å². The van der Waals surface area contributed by atoms with Crippen molar-refractivity contribution in [1.29, 1.82) is 0 Å². The Bertz CT molecular complexity index is 1090. The maximum absolute atomic E-state index is 9.39. The highest BCUT2D eigenvalue weighted by molar-refractivity contribution is 5.63. The number of rotatable bonds is 7. The monoisotopic (exact) mass is 399 g/mol. The van der Waals surface area contributed by atoms with Gasteiger partial charge in [0.25, 0.3) is 0 Å². The average molecular weight is 399 g/mol. The third-order valence-corrected chi connectivity index (χ3v) is 5.08. The van der Waals surface area contributed by atoms with Gasteiger partial charge in [0.05, 0.1) is 24.0 Å². The quantitative estimate of drug-likeness (QED) is 0.428. The summed E-state index contributed by atoms with van der Waals surface area (Å²) in [5, 5.41) is 9.39. The molecule has 0 bridgehead atoms. The molecule has 152 valence electrons. The molecule has 4 rings (SSSR count). The normalized spacial score (nSPS) is 13.0. The van der Waals surface area contributed by atoms with Gasteiger partial charge in [-0.15, -0.1) is 0 Å². The molecule has 0 aliphatic heterocycles. The molecule has 0 saturated heterocycles.